The molecule has 1 saturated heterocycles. The zero-order valence-corrected chi connectivity index (χ0v) is 12.4. The van der Waals surface area contributed by atoms with Crippen LogP contribution in [0.15, 0.2) is 30.3 Å². The van der Waals surface area contributed by atoms with Crippen LogP contribution in [0.3, 0.4) is 0 Å². The van der Waals surface area contributed by atoms with Gasteiger partial charge in [-0.3, -0.25) is 0 Å². The van der Waals surface area contributed by atoms with Crippen LogP contribution in [0.2, 0.25) is 0 Å². The highest BCUT2D eigenvalue weighted by atomic mass is 15.2. The first-order valence-corrected chi connectivity index (χ1v) is 8.04. The van der Waals surface area contributed by atoms with Crippen molar-refractivity contribution in [2.45, 2.75) is 51.5 Å². The highest BCUT2D eigenvalue weighted by molar-refractivity contribution is 5.21. The Bertz CT molecular complexity index is 393. The molecule has 1 aromatic carbocycles. The molecule has 1 saturated carbocycles. The van der Waals surface area contributed by atoms with Crippen LogP contribution in [0.5, 0.6) is 0 Å². The lowest BCUT2D eigenvalue weighted by Crippen LogP contribution is -2.49. The Kier molecular flexibility index (Phi) is 3.93. The number of hydrogen-bond donors (Lipinski definition) is 0. The molecule has 0 amide bonds. The van der Waals surface area contributed by atoms with Gasteiger partial charge in [-0.25, -0.2) is 0 Å². The fourth-order valence-corrected chi connectivity index (χ4v) is 3.88. The maximum absolute atomic E-state index is 2.79. The van der Waals surface area contributed by atoms with Crippen LogP contribution in [0.4, 0.5) is 0 Å². The summed E-state index contributed by atoms with van der Waals surface area (Å²) in [5.74, 6) is 2.39. The Morgan fingerprint density at radius 3 is 2.37 bits per heavy atom. The van der Waals surface area contributed by atoms with Gasteiger partial charge in [0.25, 0.3) is 0 Å². The van der Waals surface area contributed by atoms with E-state index < -0.39 is 0 Å². The lowest BCUT2D eigenvalue weighted by molar-refractivity contribution is 0.0508. The molecule has 0 bridgehead atoms. The molecule has 1 unspecified atom stereocenters. The van der Waals surface area contributed by atoms with E-state index in [0.717, 1.165) is 23.8 Å². The summed E-state index contributed by atoms with van der Waals surface area (Å²) in [4.78, 5) is 2.79. The van der Waals surface area contributed by atoms with Crippen molar-refractivity contribution in [1.29, 1.82) is 0 Å². The van der Waals surface area contributed by atoms with Crippen LogP contribution >= 0.6 is 0 Å². The van der Waals surface area contributed by atoms with Crippen molar-refractivity contribution in [3.8, 4) is 0 Å². The molecule has 2 aliphatic rings. The molecule has 2 fully saturated rings. The van der Waals surface area contributed by atoms with Gasteiger partial charge in [0.05, 0.1) is 0 Å². The van der Waals surface area contributed by atoms with E-state index in [1.165, 1.54) is 38.8 Å². The molecule has 1 heteroatoms. The minimum Gasteiger partial charge on any atom is -0.300 e. The molecule has 104 valence electrons. The second-order valence-corrected chi connectivity index (χ2v) is 6.79. The van der Waals surface area contributed by atoms with Gasteiger partial charge >= 0.3 is 0 Å². The van der Waals surface area contributed by atoms with Crippen molar-refractivity contribution in [3.05, 3.63) is 35.9 Å². The normalized spacial score (nSPS) is 29.4. The first kappa shape index (κ1) is 13.2. The van der Waals surface area contributed by atoms with Gasteiger partial charge in [0, 0.05) is 12.6 Å². The largest absolute Gasteiger partial charge is 0.300 e. The summed E-state index contributed by atoms with van der Waals surface area (Å²) in [5.41, 5.74) is 1.56. The van der Waals surface area contributed by atoms with Gasteiger partial charge in [-0.15, -0.1) is 0 Å². The van der Waals surface area contributed by atoms with E-state index in [2.05, 4.69) is 49.1 Å². The summed E-state index contributed by atoms with van der Waals surface area (Å²) in [5, 5.41) is 0. The molecule has 0 aromatic heterocycles. The van der Waals surface area contributed by atoms with Gasteiger partial charge in [-0.1, -0.05) is 50.6 Å². The standard InChI is InChI=1S/C18H27N/c1-14(2)18-13-19(16-9-6-10-16)12-11-17(18)15-7-4-3-5-8-15/h3-5,7-8,14,16-18H,6,9-13H2,1-2H3/t17?,18-/m0/s1. The van der Waals surface area contributed by atoms with Gasteiger partial charge in [0.15, 0.2) is 0 Å². The number of rotatable bonds is 3. The number of hydrogen-bond acceptors (Lipinski definition) is 1. The van der Waals surface area contributed by atoms with E-state index in [1.807, 2.05) is 0 Å². The predicted octanol–water partition coefficient (Wildman–Crippen LogP) is 4.30. The van der Waals surface area contributed by atoms with Crippen molar-refractivity contribution in [2.75, 3.05) is 13.1 Å². The van der Waals surface area contributed by atoms with E-state index in [4.69, 9.17) is 0 Å². The molecule has 0 spiro atoms. The minimum absolute atomic E-state index is 0.775. The third kappa shape index (κ3) is 2.72. The first-order valence-electron chi connectivity index (χ1n) is 8.04. The minimum atomic E-state index is 0.775. The van der Waals surface area contributed by atoms with Crippen molar-refractivity contribution in [2.24, 2.45) is 11.8 Å². The second-order valence-electron chi connectivity index (χ2n) is 6.79. The average molecular weight is 257 g/mol. The van der Waals surface area contributed by atoms with Crippen LogP contribution in [0.25, 0.3) is 0 Å². The molecule has 19 heavy (non-hydrogen) atoms. The SMILES string of the molecule is CC(C)[C@@H]1CN(C2CCC2)CCC1c1ccccc1. The third-order valence-electron chi connectivity index (χ3n) is 5.36. The summed E-state index contributed by atoms with van der Waals surface area (Å²) < 4.78 is 0. The monoisotopic (exact) mass is 257 g/mol. The Morgan fingerprint density at radius 1 is 1.05 bits per heavy atom. The topological polar surface area (TPSA) is 3.24 Å². The molecular weight excluding hydrogens is 230 g/mol. The first-order chi connectivity index (χ1) is 9.25. The second kappa shape index (κ2) is 5.66. The molecule has 0 N–H and O–H groups in total. The van der Waals surface area contributed by atoms with Gasteiger partial charge in [-0.05, 0) is 49.1 Å². The molecule has 3 rings (SSSR count). The number of nitrogens with zero attached hydrogens (tertiary/aromatic N) is 1. The zero-order chi connectivity index (χ0) is 13.2. The molecule has 0 radical (unpaired) electrons. The van der Waals surface area contributed by atoms with Gasteiger partial charge < -0.3 is 4.90 Å². The summed E-state index contributed by atoms with van der Waals surface area (Å²) in [7, 11) is 0. The highest BCUT2D eigenvalue weighted by Gasteiger charge is 2.36. The fourth-order valence-electron chi connectivity index (χ4n) is 3.88. The van der Waals surface area contributed by atoms with Crippen molar-refractivity contribution in [1.82, 2.24) is 4.90 Å². The molecule has 1 aliphatic heterocycles. The fraction of sp³-hybridized carbons (Fsp3) is 0.667. The smallest absolute Gasteiger partial charge is 0.00954 e. The van der Waals surface area contributed by atoms with E-state index in [-0.39, 0.29) is 0 Å². The average Bonchev–Trinajstić information content (AvgIpc) is 2.37. The highest BCUT2D eigenvalue weighted by Crippen LogP contribution is 2.39. The molecule has 1 nitrogen and oxygen atoms in total. The zero-order valence-electron chi connectivity index (χ0n) is 12.4. The molecule has 1 heterocycles. The maximum Gasteiger partial charge on any atom is 0.00954 e. The van der Waals surface area contributed by atoms with E-state index in [1.54, 1.807) is 5.56 Å². The van der Waals surface area contributed by atoms with Crippen molar-refractivity contribution in [3.63, 3.8) is 0 Å². The summed E-state index contributed by atoms with van der Waals surface area (Å²) in [6.07, 6.45) is 5.70. The van der Waals surface area contributed by atoms with Crippen LogP contribution in [-0.4, -0.2) is 24.0 Å². The van der Waals surface area contributed by atoms with Crippen LogP contribution in [-0.2, 0) is 0 Å². The predicted molar refractivity (Wildman–Crippen MR) is 81.3 cm³/mol. The molecular formula is C18H27N. The third-order valence-corrected chi connectivity index (χ3v) is 5.36. The molecule has 1 aromatic rings. The number of likely N-dealkylation sites (tertiary alicyclic amines) is 1. The molecule has 1 aliphatic carbocycles. The Hall–Kier alpha value is -0.820. The number of piperidine rings is 1. The lowest BCUT2D eigenvalue weighted by atomic mass is 9.74. The summed E-state index contributed by atoms with van der Waals surface area (Å²) in [6, 6.07) is 12.1. The van der Waals surface area contributed by atoms with Crippen LogP contribution in [0, 0.1) is 11.8 Å². The van der Waals surface area contributed by atoms with Gasteiger partial charge in [0.1, 0.15) is 0 Å². The lowest BCUT2D eigenvalue weighted by Gasteiger charge is -2.46. The van der Waals surface area contributed by atoms with Gasteiger partial charge in [-0.2, -0.15) is 0 Å². The van der Waals surface area contributed by atoms with E-state index in [9.17, 15) is 0 Å². The molecule has 2 atom stereocenters. The van der Waals surface area contributed by atoms with Crippen LogP contribution < -0.4 is 0 Å². The van der Waals surface area contributed by atoms with E-state index >= 15 is 0 Å². The quantitative estimate of drug-likeness (QED) is 0.780. The van der Waals surface area contributed by atoms with Gasteiger partial charge in [0.2, 0.25) is 0 Å². The van der Waals surface area contributed by atoms with Crippen molar-refractivity contribution >= 4 is 0 Å². The maximum atomic E-state index is 2.79. The summed E-state index contributed by atoms with van der Waals surface area (Å²) >= 11 is 0. The van der Waals surface area contributed by atoms with Crippen LogP contribution in [0.1, 0.15) is 51.0 Å². The number of benzene rings is 1. The summed E-state index contributed by atoms with van der Waals surface area (Å²) in [6.45, 7) is 7.45. The Labute approximate surface area is 118 Å². The van der Waals surface area contributed by atoms with Crippen molar-refractivity contribution < 1.29 is 0 Å². The Balaban J connectivity index is 1.74. The Morgan fingerprint density at radius 2 is 1.79 bits per heavy atom. The van der Waals surface area contributed by atoms with E-state index in [0.29, 0.717) is 0 Å².